The molecular weight excluding hydrogens is 1820 g/mol. The molecule has 0 spiro atoms. The number of aromatic hydroxyl groups is 1. The smallest absolute Gasteiger partial charge is 0.246 e. The van der Waals surface area contributed by atoms with E-state index in [9.17, 15) is 9.90 Å². The van der Waals surface area contributed by atoms with Gasteiger partial charge < -0.3 is 139 Å². The third kappa shape index (κ3) is 37.1. The Labute approximate surface area is 829 Å². The number of rotatable bonds is 38. The van der Waals surface area contributed by atoms with Gasteiger partial charge in [-0.1, -0.05) is 114 Å². The van der Waals surface area contributed by atoms with E-state index < -0.39 is 185 Å². The molecule has 0 aliphatic carbocycles. The highest BCUT2D eigenvalue weighted by Gasteiger charge is 2.46. The Hall–Kier alpha value is -13.7. The van der Waals surface area contributed by atoms with E-state index in [2.05, 4.69) is 84.7 Å². The number of phenolic OH excluding ortho intramolecular Hbond substituents is 1. The lowest BCUT2D eigenvalue weighted by molar-refractivity contribution is -0.148. The number of nitrogens with two attached hydrogens (primary N) is 6. The number of carbonyl (C=O) groups excluding carboxylic acids is 14. The van der Waals surface area contributed by atoms with Crippen LogP contribution in [0.5, 0.6) is 11.5 Å². The van der Waals surface area contributed by atoms with Crippen molar-refractivity contribution >= 4 is 111 Å². The molecule has 8 rings (SSSR count). The summed E-state index contributed by atoms with van der Waals surface area (Å²) in [6.07, 6.45) is 3.08. The number of guanidine groups is 3. The molecule has 4 heterocycles. The van der Waals surface area contributed by atoms with Crippen molar-refractivity contribution < 1.29 is 77.0 Å². The van der Waals surface area contributed by atoms with Gasteiger partial charge in [-0.05, 0) is 225 Å². The SMILES string of the molecule is CC(C)C[C@@H]1NC(=O)[C@H](CCCNC(=N)N)NC(=O)[C@H](CC(C)C)NC(=O)[C@@H]2CCCN2C(=O)[C@H]2CCCN2C(=O)[C@H](C(C)C)NC(=O)[C@H](CCCNC(=N)N)NC(=O)[C@H](Cc2ccc(O)cc2)NC(=O)[C@H](CCCCN)NC(=O)[C@H](Cc2c[nH]c3ccccc23)NC(=O)[C@H](CCCNC(=N)N)NC(=O)[C@H](Cc2ccc(OCc3ccccc3)cc2)NC(=O)[C@H](CCCCN)NC(=O)[C@H](CCCCN)NC1=O. The first-order valence-corrected chi connectivity index (χ1v) is 49.6. The van der Waals surface area contributed by atoms with Crippen molar-refractivity contribution in [1.82, 2.24) is 94.5 Å². The van der Waals surface area contributed by atoms with Crippen LogP contribution in [0.25, 0.3) is 10.9 Å². The van der Waals surface area contributed by atoms with Gasteiger partial charge >= 0.3 is 0 Å². The number of amides is 14. The summed E-state index contributed by atoms with van der Waals surface area (Å²) in [6, 6.07) is 8.84. The highest BCUT2D eigenvalue weighted by atomic mass is 16.5. The standard InChI is InChI=1S/C99H151N27O16/c1-58(2)51-75-89(134)114-69(27-12-15-43-100)83(128)113-70(28-13-16-44-101)84(129)121-78(54-62-37-41-66(42-38-62)142-57-63-23-8-7-9-24-63)91(136)117-73(31-19-47-110-98(105)106)87(132)122-79(55-64-56-112-68-26-11-10-25-67(64)68)93(138)115-71(29-14-17-45-102)85(130)120-77(53-61-35-39-65(127)40-36-61)92(137)118-74(32-20-48-111-99(107)108)88(133)124-82(60(5)6)96(141)126-50-22-34-81(126)95(140)125-49-21-33-80(125)94(139)123-76(52-59(3)4)90(135)116-72(86(131)119-75)30-18-46-109-97(103)104/h7-11,23-26,35-42,56,58-60,69-82,112,127H,12-22,27-34,43-55,57,100-102H2,1-6H3,(H,113,128)(H,114,134)(H,115,138)(H,116,135)(H,117,136)(H,118,137)(H,119,131)(H,120,130)(H,121,129)(H,122,132)(H,123,139)(H,124,133)(H4,103,104,109)(H4,105,106,110)(H4,107,108,111)/t69-,70-,71-,72-,73-,74-,75-,76-,77-,78-,79-,80-,81+,82-/m0/s1. The zero-order chi connectivity index (χ0) is 103. The fourth-order valence-corrected chi connectivity index (χ4v) is 17.5. The van der Waals surface area contributed by atoms with Crippen molar-refractivity contribution in [1.29, 1.82) is 16.2 Å². The van der Waals surface area contributed by atoms with Crippen LogP contribution >= 0.6 is 0 Å². The van der Waals surface area contributed by atoms with Crippen LogP contribution in [0.1, 0.15) is 199 Å². The molecule has 3 aliphatic rings. The van der Waals surface area contributed by atoms with Crippen LogP contribution in [0.2, 0.25) is 0 Å². The maximum absolute atomic E-state index is 15.8. The third-order valence-electron chi connectivity index (χ3n) is 25.1. The molecule has 3 aliphatic heterocycles. The Balaban J connectivity index is 1.26. The molecule has 43 nitrogen and oxygen atoms in total. The predicted molar refractivity (Wildman–Crippen MR) is 537 cm³/mol. The summed E-state index contributed by atoms with van der Waals surface area (Å²) in [5, 5.41) is 77.1. The van der Waals surface area contributed by atoms with Gasteiger partial charge in [0.1, 0.15) is 103 Å². The van der Waals surface area contributed by atoms with Crippen LogP contribution < -0.4 is 119 Å². The molecule has 3 saturated heterocycles. The first-order valence-electron chi connectivity index (χ1n) is 49.6. The summed E-state index contributed by atoms with van der Waals surface area (Å²) in [4.78, 5) is 221. The second-order valence-corrected chi connectivity index (χ2v) is 37.9. The first-order chi connectivity index (χ1) is 67.9. The van der Waals surface area contributed by atoms with E-state index in [1.165, 1.54) is 34.1 Å². The van der Waals surface area contributed by atoms with E-state index in [0.29, 0.717) is 65.4 Å². The van der Waals surface area contributed by atoms with Crippen molar-refractivity contribution in [2.24, 2.45) is 52.2 Å². The quantitative estimate of drug-likeness (QED) is 0.0143. The van der Waals surface area contributed by atoms with Crippen LogP contribution in [-0.2, 0) is 93.0 Å². The summed E-state index contributed by atoms with van der Waals surface area (Å²) in [5.41, 5.74) is 38.2. The molecule has 4 aromatic carbocycles. The monoisotopic (exact) mass is 1970 g/mol. The Morgan fingerprint density at radius 1 is 0.380 bits per heavy atom. The number of nitrogens with zero attached hydrogens (tertiary/aromatic N) is 2. The normalized spacial score (nSPS) is 23.1. The molecule has 1 aromatic heterocycles. The van der Waals surface area contributed by atoms with Crippen LogP contribution in [0.4, 0.5) is 0 Å². The lowest BCUT2D eigenvalue weighted by Crippen LogP contribution is -2.62. The van der Waals surface area contributed by atoms with Crippen LogP contribution in [0, 0.1) is 34.0 Å². The summed E-state index contributed by atoms with van der Waals surface area (Å²) in [5.74, 6) is -13.8. The van der Waals surface area contributed by atoms with E-state index in [-0.39, 0.29) is 205 Å². The van der Waals surface area contributed by atoms with Crippen LogP contribution in [0.3, 0.4) is 0 Å². The molecule has 5 aromatic rings. The molecule has 32 N–H and O–H groups in total. The second-order valence-electron chi connectivity index (χ2n) is 37.9. The number of hydrogen-bond donors (Lipinski definition) is 26. The van der Waals surface area contributed by atoms with Crippen molar-refractivity contribution in [2.75, 3.05) is 52.4 Å². The zero-order valence-electron chi connectivity index (χ0n) is 82.5. The summed E-state index contributed by atoms with van der Waals surface area (Å²) >= 11 is 0. The van der Waals surface area contributed by atoms with Gasteiger partial charge in [0.05, 0.1) is 0 Å². The van der Waals surface area contributed by atoms with Gasteiger partial charge in [-0.3, -0.25) is 83.4 Å². The average Bonchev–Trinajstić information content (AvgIpc) is 1.65. The van der Waals surface area contributed by atoms with Gasteiger partial charge in [-0.2, -0.15) is 0 Å². The fourth-order valence-electron chi connectivity index (χ4n) is 17.5. The van der Waals surface area contributed by atoms with Crippen molar-refractivity contribution in [2.45, 2.75) is 287 Å². The van der Waals surface area contributed by atoms with Gasteiger partial charge in [0.2, 0.25) is 82.7 Å². The fraction of sp³-hybridized carbons (Fsp3) is 0.566. The molecule has 0 unspecified atom stereocenters. The number of hydrogen-bond acceptors (Lipinski definition) is 22. The number of H-pyrrole nitrogens is 1. The number of carbonyl (C=O) groups is 14. The molecule has 14 amide bonds. The molecule has 43 heteroatoms. The van der Waals surface area contributed by atoms with Crippen LogP contribution in [0.15, 0.2) is 109 Å². The maximum Gasteiger partial charge on any atom is 0.246 e. The average molecular weight is 1980 g/mol. The van der Waals surface area contributed by atoms with Crippen molar-refractivity contribution in [3.63, 3.8) is 0 Å². The first kappa shape index (κ1) is 114. The highest BCUT2D eigenvalue weighted by molar-refractivity contribution is 6.02. The Kier molecular flexibility index (Phi) is 46.8. The topological polar surface area (TPSA) is 699 Å². The van der Waals surface area contributed by atoms with Gasteiger partial charge in [0.15, 0.2) is 17.9 Å². The number of unbranched alkanes of at least 4 members (excludes halogenated alkanes) is 3. The van der Waals surface area contributed by atoms with Crippen molar-refractivity contribution in [3.05, 3.63) is 132 Å². The molecule has 0 saturated carbocycles. The van der Waals surface area contributed by atoms with Gasteiger partial charge in [0.25, 0.3) is 0 Å². The number of phenols is 1. The number of aromatic nitrogens is 1. The van der Waals surface area contributed by atoms with E-state index >= 15 is 62.3 Å². The Morgan fingerprint density at radius 3 is 1.12 bits per heavy atom. The minimum absolute atomic E-state index is 0.0117. The summed E-state index contributed by atoms with van der Waals surface area (Å²) < 4.78 is 6.13. The van der Waals surface area contributed by atoms with E-state index in [1.807, 2.05) is 44.2 Å². The van der Waals surface area contributed by atoms with Crippen LogP contribution in [-0.4, -0.2) is 257 Å². The number of benzene rings is 4. The molecular formula is C99H151N27O16. The zero-order valence-corrected chi connectivity index (χ0v) is 82.5. The molecule has 0 bridgehead atoms. The maximum atomic E-state index is 15.8. The van der Waals surface area contributed by atoms with E-state index in [4.69, 9.17) is 55.4 Å². The van der Waals surface area contributed by atoms with Gasteiger partial charge in [-0.25, -0.2) is 0 Å². The summed E-state index contributed by atoms with van der Waals surface area (Å²) in [7, 11) is 0. The van der Waals surface area contributed by atoms with E-state index in [0.717, 1.165) is 5.56 Å². The highest BCUT2D eigenvalue weighted by Crippen LogP contribution is 2.29. The number of aromatic amines is 1. The lowest BCUT2D eigenvalue weighted by Gasteiger charge is -2.34. The molecule has 14 atom stereocenters. The number of nitrogens with one attached hydrogen (secondary N) is 19. The number of ether oxygens (including phenoxy) is 1. The summed E-state index contributed by atoms with van der Waals surface area (Å²) in [6.45, 7) is 11.5. The third-order valence-corrected chi connectivity index (χ3v) is 25.1. The Bertz CT molecular complexity index is 5020. The molecule has 3 fully saturated rings. The van der Waals surface area contributed by atoms with Crippen molar-refractivity contribution in [3.8, 4) is 11.5 Å². The molecule has 0 radical (unpaired) electrons. The van der Waals surface area contributed by atoms with Gasteiger partial charge in [0, 0.05) is 69.1 Å². The second kappa shape index (κ2) is 58.5. The molecule has 778 valence electrons. The lowest BCUT2D eigenvalue weighted by atomic mass is 9.99. The minimum Gasteiger partial charge on any atom is -0.508 e. The number of fused-ring (bicyclic) bond motifs is 3. The Morgan fingerprint density at radius 2 is 0.718 bits per heavy atom. The number of para-hydroxylation sites is 1. The minimum atomic E-state index is -1.61. The molecule has 142 heavy (non-hydrogen) atoms. The largest absolute Gasteiger partial charge is 0.508 e. The van der Waals surface area contributed by atoms with Gasteiger partial charge in [-0.15, -0.1) is 0 Å². The predicted octanol–water partition coefficient (Wildman–Crippen LogP) is 0.219. The van der Waals surface area contributed by atoms with E-state index in [1.54, 1.807) is 82.4 Å².